The summed E-state index contributed by atoms with van der Waals surface area (Å²) < 4.78 is 0. The van der Waals surface area contributed by atoms with Crippen molar-refractivity contribution in [2.75, 3.05) is 13.1 Å². The van der Waals surface area contributed by atoms with Gasteiger partial charge in [0.25, 0.3) is 0 Å². The molecule has 0 amide bonds. The van der Waals surface area contributed by atoms with E-state index in [4.69, 9.17) is 0 Å². The summed E-state index contributed by atoms with van der Waals surface area (Å²) in [5, 5.41) is 23.4. The van der Waals surface area contributed by atoms with Crippen molar-refractivity contribution in [3.63, 3.8) is 0 Å². The van der Waals surface area contributed by atoms with Gasteiger partial charge in [0.05, 0.1) is 13.1 Å². The SMILES string of the molecule is CCN(CC)/[N+]([O-])=N/[O-].[Na+]. The minimum absolute atomic E-state index is 0. The zero-order valence-corrected chi connectivity index (χ0v) is 8.57. The second-order valence-electron chi connectivity index (χ2n) is 1.47. The Morgan fingerprint density at radius 3 is 1.90 bits per heavy atom. The van der Waals surface area contributed by atoms with Crippen molar-refractivity contribution >= 4 is 0 Å². The molecule has 0 radical (unpaired) electrons. The molecule has 0 saturated carbocycles. The fraction of sp³-hybridized carbons (Fsp3) is 1.00. The number of nitrogens with zero attached hydrogens (tertiary/aromatic N) is 3. The van der Waals surface area contributed by atoms with Crippen LogP contribution in [0.15, 0.2) is 5.28 Å². The van der Waals surface area contributed by atoms with Gasteiger partial charge in [-0.2, -0.15) is 5.01 Å². The fourth-order valence-corrected chi connectivity index (χ4v) is 0.517. The largest absolute Gasteiger partial charge is 1.00 e. The van der Waals surface area contributed by atoms with Crippen LogP contribution in [0.3, 0.4) is 0 Å². The number of hydrazine groups is 1. The molecule has 0 aromatic rings. The van der Waals surface area contributed by atoms with Gasteiger partial charge < -0.3 is 10.4 Å². The minimum atomic E-state index is 0. The van der Waals surface area contributed by atoms with Crippen molar-refractivity contribution in [2.45, 2.75) is 13.8 Å². The number of hydrogen-bond donors (Lipinski definition) is 0. The second-order valence-corrected chi connectivity index (χ2v) is 1.47. The van der Waals surface area contributed by atoms with Crippen LogP contribution in [0.25, 0.3) is 0 Å². The zero-order valence-electron chi connectivity index (χ0n) is 6.57. The second kappa shape index (κ2) is 7.11. The average Bonchev–Trinajstić information content (AvgIpc) is 1.90. The molecule has 5 nitrogen and oxygen atoms in total. The van der Waals surface area contributed by atoms with Gasteiger partial charge in [0.15, 0.2) is 0 Å². The van der Waals surface area contributed by atoms with Crippen LogP contribution >= 0.6 is 0 Å². The molecular weight excluding hydrogens is 145 g/mol. The molecule has 0 atom stereocenters. The van der Waals surface area contributed by atoms with Crippen molar-refractivity contribution in [3.05, 3.63) is 10.4 Å². The number of rotatable bonds is 3. The first-order chi connectivity index (χ1) is 4.26. The molecule has 10 heavy (non-hydrogen) atoms. The topological polar surface area (TPSA) is 64.7 Å². The molecule has 6 heteroatoms. The Balaban J connectivity index is 0. The van der Waals surface area contributed by atoms with Gasteiger partial charge in [-0.05, 0) is 19.1 Å². The van der Waals surface area contributed by atoms with E-state index in [0.29, 0.717) is 13.1 Å². The maximum Gasteiger partial charge on any atom is 1.00 e. The summed E-state index contributed by atoms with van der Waals surface area (Å²) in [7, 11) is 0. The molecule has 0 rings (SSSR count). The van der Waals surface area contributed by atoms with E-state index >= 15 is 0 Å². The standard InChI is InChI=1S/C4H11N3O2.Na/c1-3-6(4-2)7(9)5-8;/h8H,3-4H2,1-2H3;/q;+1/p-1/b7-5-;. The van der Waals surface area contributed by atoms with Crippen LogP contribution in [0.4, 0.5) is 0 Å². The molecule has 0 unspecified atom stereocenters. The zero-order chi connectivity index (χ0) is 7.28. The van der Waals surface area contributed by atoms with E-state index in [9.17, 15) is 10.4 Å². The van der Waals surface area contributed by atoms with Crippen LogP contribution in [0.1, 0.15) is 13.8 Å². The first kappa shape index (κ1) is 12.7. The summed E-state index contributed by atoms with van der Waals surface area (Å²) in [5.74, 6) is 0. The van der Waals surface area contributed by atoms with Crippen molar-refractivity contribution in [2.24, 2.45) is 5.28 Å². The van der Waals surface area contributed by atoms with Gasteiger partial charge in [-0.15, -0.1) is 0 Å². The van der Waals surface area contributed by atoms with E-state index in [-0.39, 0.29) is 34.5 Å². The summed E-state index contributed by atoms with van der Waals surface area (Å²) in [6, 6.07) is 0. The molecule has 0 saturated heterocycles. The van der Waals surface area contributed by atoms with Crippen LogP contribution < -0.4 is 29.6 Å². The van der Waals surface area contributed by atoms with Gasteiger partial charge in [-0.3, -0.25) is 0 Å². The molecule has 0 fully saturated rings. The third-order valence-electron chi connectivity index (χ3n) is 1.04. The molecule has 0 spiro atoms. The predicted molar refractivity (Wildman–Crippen MR) is 32.3 cm³/mol. The van der Waals surface area contributed by atoms with E-state index < -0.39 is 0 Å². The Kier molecular flexibility index (Phi) is 9.00. The van der Waals surface area contributed by atoms with Gasteiger partial charge in [0.2, 0.25) is 0 Å². The van der Waals surface area contributed by atoms with Gasteiger partial charge in [0.1, 0.15) is 0 Å². The maximum absolute atomic E-state index is 10.3. The first-order valence-electron chi connectivity index (χ1n) is 2.81. The fourth-order valence-electron chi connectivity index (χ4n) is 0.517. The van der Waals surface area contributed by atoms with Crippen molar-refractivity contribution in [3.8, 4) is 0 Å². The van der Waals surface area contributed by atoms with Crippen LogP contribution in [-0.4, -0.2) is 23.1 Å². The van der Waals surface area contributed by atoms with Gasteiger partial charge in [-0.25, -0.2) is 0 Å². The van der Waals surface area contributed by atoms with Crippen LogP contribution in [0.2, 0.25) is 0 Å². The van der Waals surface area contributed by atoms with E-state index in [0.717, 1.165) is 0 Å². The van der Waals surface area contributed by atoms with Gasteiger partial charge in [0, 0.05) is 4.97 Å². The third-order valence-corrected chi connectivity index (χ3v) is 1.04. The van der Waals surface area contributed by atoms with E-state index in [1.807, 2.05) is 0 Å². The minimum Gasteiger partial charge on any atom is -0.737 e. The Hall–Kier alpha value is 0. The summed E-state index contributed by atoms with van der Waals surface area (Å²) in [6.45, 7) is 4.57. The van der Waals surface area contributed by atoms with Crippen molar-refractivity contribution in [1.29, 1.82) is 0 Å². The first-order valence-corrected chi connectivity index (χ1v) is 2.81. The molecule has 0 aliphatic rings. The van der Waals surface area contributed by atoms with E-state index in [1.165, 1.54) is 5.01 Å². The van der Waals surface area contributed by atoms with Crippen LogP contribution in [0.5, 0.6) is 0 Å². The van der Waals surface area contributed by atoms with E-state index in [1.54, 1.807) is 13.8 Å². The summed E-state index contributed by atoms with van der Waals surface area (Å²) in [5.41, 5.74) is 0. The molecule has 0 aromatic heterocycles. The molecule has 0 heterocycles. The molecule has 0 bridgehead atoms. The normalized spacial score (nSPS) is 10.4. The smallest absolute Gasteiger partial charge is 0.737 e. The van der Waals surface area contributed by atoms with Crippen molar-refractivity contribution < 1.29 is 34.5 Å². The predicted octanol–water partition coefficient (Wildman–Crippen LogP) is -2.29. The quantitative estimate of drug-likeness (QED) is 0.199. The van der Waals surface area contributed by atoms with Gasteiger partial charge >= 0.3 is 29.6 Å². The Bertz CT molecular complexity index is 105. The summed E-state index contributed by atoms with van der Waals surface area (Å²) in [6.07, 6.45) is 0. The molecule has 0 aliphatic heterocycles. The molecule has 0 aliphatic carbocycles. The van der Waals surface area contributed by atoms with Crippen molar-refractivity contribution in [1.82, 2.24) is 5.01 Å². The van der Waals surface area contributed by atoms with Gasteiger partial charge in [-0.1, -0.05) is 0 Å². The van der Waals surface area contributed by atoms with E-state index in [2.05, 4.69) is 5.28 Å². The van der Waals surface area contributed by atoms with Crippen LogP contribution in [0, 0.1) is 10.4 Å². The summed E-state index contributed by atoms with van der Waals surface area (Å²) in [4.78, 5) is 0.0556. The maximum atomic E-state index is 10.3. The molecule has 54 valence electrons. The molecule has 0 N–H and O–H groups in total. The average molecular weight is 155 g/mol. The Morgan fingerprint density at radius 2 is 1.80 bits per heavy atom. The number of hydrogen-bond acceptors (Lipinski definition) is 3. The summed E-state index contributed by atoms with van der Waals surface area (Å²) >= 11 is 0. The third kappa shape index (κ3) is 3.92. The molecular formula is C4H10N3NaO2. The monoisotopic (exact) mass is 155 g/mol. The van der Waals surface area contributed by atoms with Crippen LogP contribution in [-0.2, 0) is 0 Å². The molecule has 0 aromatic carbocycles. The Labute approximate surface area is 82.1 Å². The Morgan fingerprint density at radius 1 is 1.40 bits per heavy atom.